The monoisotopic (exact) mass is 205 g/mol. The van der Waals surface area contributed by atoms with Crippen molar-refractivity contribution in [3.8, 4) is 0 Å². The summed E-state index contributed by atoms with van der Waals surface area (Å²) in [4.78, 5) is 10.7. The summed E-state index contributed by atoms with van der Waals surface area (Å²) in [6, 6.07) is 0.525. The van der Waals surface area contributed by atoms with Crippen molar-refractivity contribution in [3.63, 3.8) is 0 Å². The second-order valence-corrected chi connectivity index (χ2v) is 3.56. The van der Waals surface area contributed by atoms with E-state index in [1.807, 2.05) is 0 Å². The van der Waals surface area contributed by atoms with Gasteiger partial charge in [-0.1, -0.05) is 6.42 Å². The fourth-order valence-corrected chi connectivity index (χ4v) is 1.60. The zero-order valence-electron chi connectivity index (χ0n) is 7.72. The van der Waals surface area contributed by atoms with Crippen molar-refractivity contribution < 1.29 is 9.53 Å². The predicted molar refractivity (Wildman–Crippen MR) is 51.9 cm³/mol. The van der Waals surface area contributed by atoms with Crippen molar-refractivity contribution in [2.75, 3.05) is 19.0 Å². The summed E-state index contributed by atoms with van der Waals surface area (Å²) in [7, 11) is 0. The lowest BCUT2D eigenvalue weighted by Gasteiger charge is -2.22. The van der Waals surface area contributed by atoms with E-state index in [9.17, 15) is 4.79 Å². The number of ether oxygens (including phenoxy) is 1. The van der Waals surface area contributed by atoms with Crippen molar-refractivity contribution >= 4 is 17.6 Å². The Morgan fingerprint density at radius 2 is 2.38 bits per heavy atom. The molecule has 1 heterocycles. The molecule has 0 unspecified atom stereocenters. The smallest absolute Gasteiger partial charge is 0.320 e. The summed E-state index contributed by atoms with van der Waals surface area (Å²) in [5.74, 6) is -0.365. The van der Waals surface area contributed by atoms with Crippen LogP contribution in [0.1, 0.15) is 25.7 Å². The molecule has 1 saturated heterocycles. The molecule has 1 atom stereocenters. The molecule has 0 aromatic heterocycles. The third-order valence-corrected chi connectivity index (χ3v) is 2.47. The first kappa shape index (κ1) is 10.8. The first-order chi connectivity index (χ1) is 6.33. The lowest BCUT2D eigenvalue weighted by Crippen LogP contribution is -2.35. The molecule has 0 bridgehead atoms. The van der Waals surface area contributed by atoms with Gasteiger partial charge in [0.1, 0.15) is 5.88 Å². The Morgan fingerprint density at radius 1 is 1.54 bits per heavy atom. The third kappa shape index (κ3) is 4.48. The fourth-order valence-electron chi connectivity index (χ4n) is 1.52. The minimum atomic E-state index is -0.322. The molecule has 0 spiro atoms. The van der Waals surface area contributed by atoms with Gasteiger partial charge in [0.05, 0.1) is 6.61 Å². The van der Waals surface area contributed by atoms with Crippen LogP contribution in [0.3, 0.4) is 0 Å². The predicted octanol–water partition coefficient (Wildman–Crippen LogP) is 1.30. The number of piperidine rings is 1. The topological polar surface area (TPSA) is 38.3 Å². The average molecular weight is 206 g/mol. The number of carbonyl (C=O) groups is 1. The fraction of sp³-hybridized carbons (Fsp3) is 0.889. The number of carbonyl (C=O) groups excluding carboxylic acids is 1. The summed E-state index contributed by atoms with van der Waals surface area (Å²) in [6.45, 7) is 1.58. The molecule has 0 amide bonds. The summed E-state index contributed by atoms with van der Waals surface area (Å²) in [5.41, 5.74) is 0. The van der Waals surface area contributed by atoms with E-state index < -0.39 is 0 Å². The number of halogens is 1. The number of alkyl halides is 1. The van der Waals surface area contributed by atoms with Crippen LogP contribution in [0.4, 0.5) is 0 Å². The minimum Gasteiger partial charge on any atom is -0.465 e. The van der Waals surface area contributed by atoms with Crippen molar-refractivity contribution in [2.45, 2.75) is 31.7 Å². The molecule has 0 saturated carbocycles. The molecular formula is C9H16ClNO2. The van der Waals surface area contributed by atoms with E-state index in [1.54, 1.807) is 0 Å². The molecule has 0 aromatic rings. The van der Waals surface area contributed by atoms with Gasteiger partial charge in [-0.25, -0.2) is 0 Å². The first-order valence-corrected chi connectivity index (χ1v) is 5.31. The third-order valence-electron chi connectivity index (χ3n) is 2.25. The van der Waals surface area contributed by atoms with E-state index in [4.69, 9.17) is 16.3 Å². The molecule has 1 aliphatic heterocycles. The van der Waals surface area contributed by atoms with Gasteiger partial charge in [-0.05, 0) is 25.8 Å². The Hall–Kier alpha value is -0.280. The van der Waals surface area contributed by atoms with Gasteiger partial charge in [0.15, 0.2) is 0 Å². The molecule has 76 valence electrons. The minimum absolute atomic E-state index is 0.0436. The molecule has 13 heavy (non-hydrogen) atoms. The van der Waals surface area contributed by atoms with Crippen LogP contribution >= 0.6 is 11.6 Å². The van der Waals surface area contributed by atoms with Gasteiger partial charge in [-0.2, -0.15) is 0 Å². The van der Waals surface area contributed by atoms with Crippen LogP contribution in [0.5, 0.6) is 0 Å². The van der Waals surface area contributed by atoms with Crippen LogP contribution < -0.4 is 5.32 Å². The summed E-state index contributed by atoms with van der Waals surface area (Å²) >= 11 is 5.28. The Morgan fingerprint density at radius 3 is 3.00 bits per heavy atom. The van der Waals surface area contributed by atoms with Crippen molar-refractivity contribution in [3.05, 3.63) is 0 Å². The van der Waals surface area contributed by atoms with E-state index in [1.165, 1.54) is 19.3 Å². The number of hydrogen-bond acceptors (Lipinski definition) is 3. The van der Waals surface area contributed by atoms with Gasteiger partial charge in [0.2, 0.25) is 0 Å². The molecular weight excluding hydrogens is 190 g/mol. The highest BCUT2D eigenvalue weighted by atomic mass is 35.5. The van der Waals surface area contributed by atoms with E-state index in [0.717, 1.165) is 13.0 Å². The maximum Gasteiger partial charge on any atom is 0.320 e. The Labute approximate surface area is 83.8 Å². The van der Waals surface area contributed by atoms with Crippen LogP contribution in [-0.2, 0) is 9.53 Å². The molecule has 1 rings (SSSR count). The summed E-state index contributed by atoms with van der Waals surface area (Å²) in [5, 5.41) is 3.39. The zero-order valence-corrected chi connectivity index (χ0v) is 8.48. The second-order valence-electron chi connectivity index (χ2n) is 3.29. The molecule has 3 nitrogen and oxygen atoms in total. The molecule has 0 radical (unpaired) electrons. The van der Waals surface area contributed by atoms with Gasteiger partial charge < -0.3 is 10.1 Å². The Kier molecular flexibility index (Phi) is 5.16. The van der Waals surface area contributed by atoms with Crippen LogP contribution in [-0.4, -0.2) is 31.0 Å². The van der Waals surface area contributed by atoms with Crippen molar-refractivity contribution in [1.82, 2.24) is 5.32 Å². The molecule has 1 N–H and O–H groups in total. The lowest BCUT2D eigenvalue weighted by molar-refractivity contribution is -0.140. The molecule has 4 heteroatoms. The van der Waals surface area contributed by atoms with E-state index in [2.05, 4.69) is 5.32 Å². The quantitative estimate of drug-likeness (QED) is 0.556. The SMILES string of the molecule is O=C(CCl)OCC[C@@H]1CCCCN1. The Bertz CT molecular complexity index is 158. The highest BCUT2D eigenvalue weighted by Crippen LogP contribution is 2.09. The zero-order chi connectivity index (χ0) is 9.52. The van der Waals surface area contributed by atoms with E-state index >= 15 is 0 Å². The molecule has 0 aliphatic carbocycles. The lowest BCUT2D eigenvalue weighted by atomic mass is 10.0. The Balaban J connectivity index is 2.01. The van der Waals surface area contributed by atoms with Gasteiger partial charge in [0.25, 0.3) is 0 Å². The highest BCUT2D eigenvalue weighted by Gasteiger charge is 2.12. The maximum absolute atomic E-state index is 10.7. The number of esters is 1. The normalized spacial score (nSPS) is 22.7. The van der Waals surface area contributed by atoms with Gasteiger partial charge >= 0.3 is 5.97 Å². The van der Waals surface area contributed by atoms with Gasteiger partial charge in [-0.15, -0.1) is 11.6 Å². The van der Waals surface area contributed by atoms with Gasteiger partial charge in [0, 0.05) is 6.04 Å². The van der Waals surface area contributed by atoms with Crippen LogP contribution in [0.2, 0.25) is 0 Å². The number of rotatable bonds is 4. The van der Waals surface area contributed by atoms with Crippen molar-refractivity contribution in [1.29, 1.82) is 0 Å². The van der Waals surface area contributed by atoms with E-state index in [-0.39, 0.29) is 11.8 Å². The van der Waals surface area contributed by atoms with Gasteiger partial charge in [-0.3, -0.25) is 4.79 Å². The molecule has 0 aromatic carbocycles. The molecule has 1 fully saturated rings. The molecule has 1 aliphatic rings. The number of hydrogen-bond donors (Lipinski definition) is 1. The van der Waals surface area contributed by atoms with Crippen molar-refractivity contribution in [2.24, 2.45) is 0 Å². The summed E-state index contributed by atoms with van der Waals surface area (Å²) in [6.07, 6.45) is 4.64. The largest absolute Gasteiger partial charge is 0.465 e. The summed E-state index contributed by atoms with van der Waals surface area (Å²) < 4.78 is 4.88. The second kappa shape index (κ2) is 6.22. The number of nitrogens with one attached hydrogen (secondary N) is 1. The average Bonchev–Trinajstić information content (AvgIpc) is 2.19. The van der Waals surface area contributed by atoms with Crippen LogP contribution in [0.25, 0.3) is 0 Å². The first-order valence-electron chi connectivity index (χ1n) is 4.78. The van der Waals surface area contributed by atoms with E-state index in [0.29, 0.717) is 12.6 Å². The van der Waals surface area contributed by atoms with Crippen LogP contribution in [0, 0.1) is 0 Å². The maximum atomic E-state index is 10.7. The highest BCUT2D eigenvalue weighted by molar-refractivity contribution is 6.26. The van der Waals surface area contributed by atoms with Crippen LogP contribution in [0.15, 0.2) is 0 Å². The standard InChI is InChI=1S/C9H16ClNO2/c10-7-9(12)13-6-4-8-3-1-2-5-11-8/h8,11H,1-7H2/t8-/m0/s1.